The monoisotopic (exact) mass is 203 g/mol. The third-order valence-electron chi connectivity index (χ3n) is 1.85. The molecule has 0 radical (unpaired) electrons. The normalized spacial score (nSPS) is 9.71. The Morgan fingerprint density at radius 1 is 1.29 bits per heavy atom. The van der Waals surface area contributed by atoms with Gasteiger partial charge in [0.25, 0.3) is 0 Å². The molecule has 0 unspecified atom stereocenters. The molecule has 0 spiro atoms. The molecule has 1 aromatic heterocycles. The second-order valence-corrected chi connectivity index (χ2v) is 3.06. The number of para-hydroxylation sites is 1. The molecule has 1 aromatic carbocycles. The van der Waals surface area contributed by atoms with E-state index in [0.717, 1.165) is 5.69 Å². The number of benzene rings is 1. The van der Waals surface area contributed by atoms with Crippen LogP contribution in [0.15, 0.2) is 36.7 Å². The lowest BCUT2D eigenvalue weighted by Crippen LogP contribution is -1.90. The van der Waals surface area contributed by atoms with Crippen LogP contribution >= 0.6 is 11.6 Å². The highest BCUT2D eigenvalue weighted by atomic mass is 35.5. The van der Waals surface area contributed by atoms with Gasteiger partial charge in [-0.15, -0.1) is 0 Å². The van der Waals surface area contributed by atoms with Crippen LogP contribution in [0.4, 0.5) is 0 Å². The van der Waals surface area contributed by atoms with E-state index >= 15 is 0 Å². The molecule has 0 fully saturated rings. The van der Waals surface area contributed by atoms with Gasteiger partial charge in [0.05, 0.1) is 0 Å². The lowest BCUT2D eigenvalue weighted by atomic mass is 10.3. The molecule has 0 aliphatic carbocycles. The van der Waals surface area contributed by atoms with E-state index in [1.807, 2.05) is 36.4 Å². The van der Waals surface area contributed by atoms with Crippen molar-refractivity contribution < 1.29 is 0 Å². The van der Waals surface area contributed by atoms with Crippen LogP contribution < -0.4 is 0 Å². The molecular weight excluding hydrogens is 198 g/mol. The summed E-state index contributed by atoms with van der Waals surface area (Å²) in [4.78, 5) is 3.88. The van der Waals surface area contributed by atoms with Crippen LogP contribution in [0, 0.1) is 11.3 Å². The first-order valence-corrected chi connectivity index (χ1v) is 4.39. The Hall–Kier alpha value is -1.79. The predicted octanol–water partition coefficient (Wildman–Crippen LogP) is 2.40. The minimum absolute atomic E-state index is 0.246. The van der Waals surface area contributed by atoms with Gasteiger partial charge >= 0.3 is 0 Å². The van der Waals surface area contributed by atoms with Crippen LogP contribution in [-0.4, -0.2) is 9.55 Å². The van der Waals surface area contributed by atoms with E-state index in [1.54, 1.807) is 4.57 Å². The van der Waals surface area contributed by atoms with Crippen molar-refractivity contribution in [1.82, 2.24) is 9.55 Å². The molecule has 1 heterocycles. The van der Waals surface area contributed by atoms with E-state index in [4.69, 9.17) is 16.9 Å². The second kappa shape index (κ2) is 3.52. The van der Waals surface area contributed by atoms with Crippen LogP contribution in [0.1, 0.15) is 5.69 Å². The molecule has 0 aliphatic heterocycles. The highest BCUT2D eigenvalue weighted by Gasteiger charge is 2.08. The molecule has 0 amide bonds. The Labute approximate surface area is 86.2 Å². The van der Waals surface area contributed by atoms with Crippen molar-refractivity contribution in [2.45, 2.75) is 0 Å². The second-order valence-electron chi connectivity index (χ2n) is 2.70. The zero-order valence-corrected chi connectivity index (χ0v) is 7.94. The van der Waals surface area contributed by atoms with Crippen molar-refractivity contribution in [2.75, 3.05) is 0 Å². The number of halogens is 1. The Morgan fingerprint density at radius 2 is 2.00 bits per heavy atom. The maximum Gasteiger partial charge on any atom is 0.178 e. The van der Waals surface area contributed by atoms with Crippen LogP contribution in [-0.2, 0) is 0 Å². The van der Waals surface area contributed by atoms with Crippen molar-refractivity contribution in [3.63, 3.8) is 0 Å². The molecular formula is C10H6ClN3. The van der Waals surface area contributed by atoms with Crippen LogP contribution in [0.3, 0.4) is 0 Å². The number of imidazole rings is 1. The summed E-state index contributed by atoms with van der Waals surface area (Å²) >= 11 is 5.94. The maximum absolute atomic E-state index is 8.67. The summed E-state index contributed by atoms with van der Waals surface area (Å²) in [6.45, 7) is 0. The SMILES string of the molecule is N#Cc1ncn(-c2ccccc2)c1Cl. The summed E-state index contributed by atoms with van der Waals surface area (Å²) in [7, 11) is 0. The van der Waals surface area contributed by atoms with Gasteiger partial charge in [-0.2, -0.15) is 5.26 Å². The third kappa shape index (κ3) is 1.36. The van der Waals surface area contributed by atoms with Gasteiger partial charge in [-0.3, -0.25) is 4.57 Å². The largest absolute Gasteiger partial charge is 0.289 e. The number of nitriles is 1. The van der Waals surface area contributed by atoms with Gasteiger partial charge in [-0.25, -0.2) is 4.98 Å². The van der Waals surface area contributed by atoms with Gasteiger partial charge < -0.3 is 0 Å². The van der Waals surface area contributed by atoms with Gasteiger partial charge in [0, 0.05) is 5.69 Å². The summed E-state index contributed by atoms with van der Waals surface area (Å²) in [5, 5.41) is 9.01. The van der Waals surface area contributed by atoms with Gasteiger partial charge in [0.2, 0.25) is 0 Å². The summed E-state index contributed by atoms with van der Waals surface area (Å²) in [5.74, 6) is 0. The van der Waals surface area contributed by atoms with E-state index < -0.39 is 0 Å². The Morgan fingerprint density at radius 3 is 2.57 bits per heavy atom. The first-order chi connectivity index (χ1) is 6.83. The number of hydrogen-bond donors (Lipinski definition) is 0. The van der Waals surface area contributed by atoms with Crippen molar-refractivity contribution in [3.8, 4) is 11.8 Å². The number of nitrogens with zero attached hydrogens (tertiary/aromatic N) is 3. The molecule has 0 saturated heterocycles. The lowest BCUT2D eigenvalue weighted by molar-refractivity contribution is 1.06. The van der Waals surface area contributed by atoms with Crippen molar-refractivity contribution >= 4 is 11.6 Å². The smallest absolute Gasteiger partial charge is 0.178 e. The minimum Gasteiger partial charge on any atom is -0.289 e. The molecule has 0 bridgehead atoms. The topological polar surface area (TPSA) is 41.6 Å². The lowest BCUT2D eigenvalue weighted by Gasteiger charge is -2.01. The standard InChI is InChI=1S/C10H6ClN3/c11-10-9(6-12)13-7-14(10)8-4-2-1-3-5-8/h1-5,7H. The van der Waals surface area contributed by atoms with E-state index in [9.17, 15) is 0 Å². The molecule has 0 N–H and O–H groups in total. The fraction of sp³-hybridized carbons (Fsp3) is 0. The number of hydrogen-bond acceptors (Lipinski definition) is 2. The Balaban J connectivity index is 2.54. The molecule has 0 saturated carbocycles. The molecule has 0 atom stereocenters. The Kier molecular flexibility index (Phi) is 2.21. The van der Waals surface area contributed by atoms with Gasteiger partial charge in [0.15, 0.2) is 10.8 Å². The van der Waals surface area contributed by atoms with E-state index in [2.05, 4.69) is 4.98 Å². The van der Waals surface area contributed by atoms with Crippen LogP contribution in [0.2, 0.25) is 5.15 Å². The molecule has 2 rings (SSSR count). The van der Waals surface area contributed by atoms with Crippen molar-refractivity contribution in [1.29, 1.82) is 5.26 Å². The van der Waals surface area contributed by atoms with E-state index in [1.165, 1.54) is 6.33 Å². The molecule has 14 heavy (non-hydrogen) atoms. The van der Waals surface area contributed by atoms with Crippen molar-refractivity contribution in [3.05, 3.63) is 47.5 Å². The van der Waals surface area contributed by atoms with Gasteiger partial charge in [-0.1, -0.05) is 29.8 Å². The first-order valence-electron chi connectivity index (χ1n) is 4.01. The van der Waals surface area contributed by atoms with E-state index in [0.29, 0.717) is 5.15 Å². The molecule has 68 valence electrons. The number of aromatic nitrogens is 2. The molecule has 2 aromatic rings. The molecule has 4 heteroatoms. The first kappa shape index (κ1) is 8.79. The minimum atomic E-state index is 0.246. The average Bonchev–Trinajstić information content (AvgIpc) is 2.61. The molecule has 0 aliphatic rings. The fourth-order valence-corrected chi connectivity index (χ4v) is 1.41. The van der Waals surface area contributed by atoms with Gasteiger partial charge in [-0.05, 0) is 12.1 Å². The summed E-state index contributed by atoms with van der Waals surface area (Å²) < 4.78 is 1.67. The third-order valence-corrected chi connectivity index (χ3v) is 2.21. The zero-order chi connectivity index (χ0) is 9.97. The number of rotatable bonds is 1. The summed E-state index contributed by atoms with van der Waals surface area (Å²) in [6.07, 6.45) is 1.54. The maximum atomic E-state index is 8.67. The average molecular weight is 204 g/mol. The van der Waals surface area contributed by atoms with Gasteiger partial charge in [0.1, 0.15) is 12.4 Å². The summed E-state index contributed by atoms with van der Waals surface area (Å²) in [6, 6.07) is 11.4. The quantitative estimate of drug-likeness (QED) is 0.714. The highest BCUT2D eigenvalue weighted by molar-refractivity contribution is 6.30. The van der Waals surface area contributed by atoms with Crippen LogP contribution in [0.25, 0.3) is 5.69 Å². The predicted molar refractivity (Wildman–Crippen MR) is 53.3 cm³/mol. The zero-order valence-electron chi connectivity index (χ0n) is 7.18. The Bertz CT molecular complexity index is 482. The fourth-order valence-electron chi connectivity index (χ4n) is 1.18. The molecule has 3 nitrogen and oxygen atoms in total. The van der Waals surface area contributed by atoms with Crippen LogP contribution in [0.5, 0.6) is 0 Å². The summed E-state index contributed by atoms with van der Waals surface area (Å²) in [5.41, 5.74) is 1.14. The highest BCUT2D eigenvalue weighted by Crippen LogP contribution is 2.18. The van der Waals surface area contributed by atoms with Crippen molar-refractivity contribution in [2.24, 2.45) is 0 Å². The van der Waals surface area contributed by atoms with E-state index in [-0.39, 0.29) is 5.69 Å².